The maximum absolute atomic E-state index is 12.9. The lowest BCUT2D eigenvalue weighted by Crippen LogP contribution is -2.30. The molecule has 0 fully saturated rings. The first kappa shape index (κ1) is 15.4. The second kappa shape index (κ2) is 7.67. The van der Waals surface area contributed by atoms with E-state index in [4.69, 9.17) is 11.6 Å². The summed E-state index contributed by atoms with van der Waals surface area (Å²) in [4.78, 5) is 1.20. The van der Waals surface area contributed by atoms with Crippen molar-refractivity contribution in [2.75, 3.05) is 12.8 Å². The Labute approximate surface area is 128 Å². The highest BCUT2D eigenvalue weighted by Crippen LogP contribution is 2.21. The van der Waals surface area contributed by atoms with E-state index in [1.54, 1.807) is 11.8 Å². The Morgan fingerprint density at radius 1 is 1.10 bits per heavy atom. The zero-order valence-corrected chi connectivity index (χ0v) is 12.8. The van der Waals surface area contributed by atoms with Crippen molar-refractivity contribution in [3.8, 4) is 0 Å². The Morgan fingerprint density at radius 3 is 2.35 bits per heavy atom. The molecule has 0 aliphatic heterocycles. The molecule has 1 atom stereocenters. The molecule has 0 amide bonds. The maximum Gasteiger partial charge on any atom is 0.123 e. The number of thioether (sulfide) groups is 1. The Bertz CT molecular complexity index is 527. The lowest BCUT2D eigenvalue weighted by molar-refractivity contribution is 0.609. The molecule has 4 heteroatoms. The van der Waals surface area contributed by atoms with Gasteiger partial charge in [0.1, 0.15) is 5.82 Å². The molecule has 2 rings (SSSR count). The molecule has 0 saturated heterocycles. The van der Waals surface area contributed by atoms with E-state index in [-0.39, 0.29) is 5.82 Å². The topological polar surface area (TPSA) is 12.0 Å². The standard InChI is InChI=1S/C16H17ClFNS/c1-19-15(10-12-2-6-14(18)7-3-12)11-20-16-8-4-13(17)5-9-16/h2-9,15,19H,10-11H2,1H3. The highest BCUT2D eigenvalue weighted by Gasteiger charge is 2.08. The zero-order chi connectivity index (χ0) is 14.4. The average Bonchev–Trinajstić information content (AvgIpc) is 2.47. The normalized spacial score (nSPS) is 12.3. The first-order valence-corrected chi connectivity index (χ1v) is 7.84. The third kappa shape index (κ3) is 4.82. The van der Waals surface area contributed by atoms with Gasteiger partial charge in [0.15, 0.2) is 0 Å². The average molecular weight is 310 g/mol. The minimum absolute atomic E-state index is 0.190. The molecule has 0 heterocycles. The van der Waals surface area contributed by atoms with Crippen LogP contribution in [0.5, 0.6) is 0 Å². The van der Waals surface area contributed by atoms with Crippen molar-refractivity contribution in [3.63, 3.8) is 0 Å². The molecule has 0 aliphatic rings. The van der Waals surface area contributed by atoms with Gasteiger partial charge in [-0.2, -0.15) is 0 Å². The van der Waals surface area contributed by atoms with E-state index in [1.165, 1.54) is 17.0 Å². The lowest BCUT2D eigenvalue weighted by atomic mass is 10.1. The van der Waals surface area contributed by atoms with Crippen LogP contribution in [0.15, 0.2) is 53.4 Å². The molecule has 20 heavy (non-hydrogen) atoms. The zero-order valence-electron chi connectivity index (χ0n) is 11.3. The van der Waals surface area contributed by atoms with Gasteiger partial charge >= 0.3 is 0 Å². The van der Waals surface area contributed by atoms with Crippen LogP contribution in [0.2, 0.25) is 5.02 Å². The predicted molar refractivity (Wildman–Crippen MR) is 85.1 cm³/mol. The fourth-order valence-electron chi connectivity index (χ4n) is 1.88. The first-order chi connectivity index (χ1) is 9.67. The van der Waals surface area contributed by atoms with Gasteiger partial charge in [0.2, 0.25) is 0 Å². The number of nitrogens with one attached hydrogen (secondary N) is 1. The monoisotopic (exact) mass is 309 g/mol. The Balaban J connectivity index is 1.88. The van der Waals surface area contributed by atoms with Gasteiger partial charge in [0, 0.05) is 21.7 Å². The molecule has 0 aliphatic carbocycles. The van der Waals surface area contributed by atoms with Crippen molar-refractivity contribution >= 4 is 23.4 Å². The molecule has 1 N–H and O–H groups in total. The molecule has 1 unspecified atom stereocenters. The SMILES string of the molecule is CNC(CSc1ccc(Cl)cc1)Cc1ccc(F)cc1. The van der Waals surface area contributed by atoms with Gasteiger partial charge in [-0.05, 0) is 55.4 Å². The summed E-state index contributed by atoms with van der Waals surface area (Å²) in [5, 5.41) is 4.06. The molecule has 106 valence electrons. The van der Waals surface area contributed by atoms with Crippen molar-refractivity contribution in [3.05, 3.63) is 64.9 Å². The molecule has 2 aromatic carbocycles. The van der Waals surface area contributed by atoms with Gasteiger partial charge in [0.05, 0.1) is 0 Å². The van der Waals surface area contributed by atoms with Gasteiger partial charge in [-0.1, -0.05) is 23.7 Å². The number of benzene rings is 2. The van der Waals surface area contributed by atoms with E-state index >= 15 is 0 Å². The second-order valence-corrected chi connectivity index (χ2v) is 6.11. The molecule has 0 radical (unpaired) electrons. The van der Waals surface area contributed by atoms with E-state index in [2.05, 4.69) is 5.32 Å². The van der Waals surface area contributed by atoms with Gasteiger partial charge in [-0.3, -0.25) is 0 Å². The van der Waals surface area contributed by atoms with Gasteiger partial charge in [-0.15, -0.1) is 11.8 Å². The Kier molecular flexibility index (Phi) is 5.89. The van der Waals surface area contributed by atoms with Crippen LogP contribution in [-0.4, -0.2) is 18.8 Å². The van der Waals surface area contributed by atoms with Gasteiger partial charge in [0.25, 0.3) is 0 Å². The third-order valence-electron chi connectivity index (χ3n) is 3.07. The molecule has 0 saturated carbocycles. The summed E-state index contributed by atoms with van der Waals surface area (Å²) in [5.41, 5.74) is 1.14. The minimum atomic E-state index is -0.190. The highest BCUT2D eigenvalue weighted by molar-refractivity contribution is 7.99. The molecule has 0 bridgehead atoms. The van der Waals surface area contributed by atoms with Crippen molar-refractivity contribution in [2.45, 2.75) is 17.4 Å². The third-order valence-corrected chi connectivity index (χ3v) is 4.49. The van der Waals surface area contributed by atoms with Crippen molar-refractivity contribution in [2.24, 2.45) is 0 Å². The van der Waals surface area contributed by atoms with Crippen LogP contribution in [0.4, 0.5) is 4.39 Å². The van der Waals surface area contributed by atoms with Crippen molar-refractivity contribution < 1.29 is 4.39 Å². The van der Waals surface area contributed by atoms with Crippen LogP contribution in [0.3, 0.4) is 0 Å². The number of halogens is 2. The summed E-state index contributed by atoms with van der Waals surface area (Å²) in [7, 11) is 1.95. The second-order valence-electron chi connectivity index (χ2n) is 4.58. The molecule has 1 nitrogen and oxygen atoms in total. The summed E-state index contributed by atoms with van der Waals surface area (Å²) in [6.45, 7) is 0. The molecule has 0 aromatic heterocycles. The lowest BCUT2D eigenvalue weighted by Gasteiger charge is -2.16. The van der Waals surface area contributed by atoms with Crippen molar-refractivity contribution in [1.82, 2.24) is 5.32 Å². The van der Waals surface area contributed by atoms with E-state index in [9.17, 15) is 4.39 Å². The fourth-order valence-corrected chi connectivity index (χ4v) is 3.01. The quantitative estimate of drug-likeness (QED) is 0.794. The Morgan fingerprint density at radius 2 is 1.75 bits per heavy atom. The maximum atomic E-state index is 12.9. The smallest absolute Gasteiger partial charge is 0.123 e. The van der Waals surface area contributed by atoms with Crippen LogP contribution in [0.1, 0.15) is 5.56 Å². The van der Waals surface area contributed by atoms with Crippen LogP contribution < -0.4 is 5.32 Å². The van der Waals surface area contributed by atoms with Gasteiger partial charge < -0.3 is 5.32 Å². The van der Waals surface area contributed by atoms with Crippen LogP contribution in [0, 0.1) is 5.82 Å². The van der Waals surface area contributed by atoms with Crippen molar-refractivity contribution in [1.29, 1.82) is 0 Å². The molecule has 0 spiro atoms. The van der Waals surface area contributed by atoms with Crippen LogP contribution in [-0.2, 0) is 6.42 Å². The summed E-state index contributed by atoms with van der Waals surface area (Å²) >= 11 is 7.66. The summed E-state index contributed by atoms with van der Waals surface area (Å²) in [5.74, 6) is 0.764. The Hall–Kier alpha value is -1.03. The predicted octanol–water partition coefficient (Wildman–Crippen LogP) is 4.40. The summed E-state index contributed by atoms with van der Waals surface area (Å²) in [6.07, 6.45) is 0.886. The van der Waals surface area contributed by atoms with Crippen LogP contribution in [0.25, 0.3) is 0 Å². The number of hydrogen-bond acceptors (Lipinski definition) is 2. The van der Waals surface area contributed by atoms with E-state index in [0.717, 1.165) is 22.8 Å². The minimum Gasteiger partial charge on any atom is -0.316 e. The largest absolute Gasteiger partial charge is 0.316 e. The number of likely N-dealkylation sites (N-methyl/N-ethyl adjacent to an activating group) is 1. The number of rotatable bonds is 6. The van der Waals surface area contributed by atoms with Gasteiger partial charge in [-0.25, -0.2) is 4.39 Å². The fraction of sp³-hybridized carbons (Fsp3) is 0.250. The highest BCUT2D eigenvalue weighted by atomic mass is 35.5. The van der Waals surface area contributed by atoms with Crippen LogP contribution >= 0.6 is 23.4 Å². The summed E-state index contributed by atoms with van der Waals surface area (Å²) in [6, 6.07) is 14.9. The molecular formula is C16H17ClFNS. The first-order valence-electron chi connectivity index (χ1n) is 6.47. The summed E-state index contributed by atoms with van der Waals surface area (Å²) < 4.78 is 12.9. The molecular weight excluding hydrogens is 293 g/mol. The number of hydrogen-bond donors (Lipinski definition) is 1. The van der Waals surface area contributed by atoms with E-state index < -0.39 is 0 Å². The van der Waals surface area contributed by atoms with E-state index in [1.807, 2.05) is 43.4 Å². The van der Waals surface area contributed by atoms with E-state index in [0.29, 0.717) is 6.04 Å². The molecule has 2 aromatic rings.